The molecule has 2 aliphatic rings. The lowest BCUT2D eigenvalue weighted by Gasteiger charge is -2.39. The third-order valence-corrected chi connectivity index (χ3v) is 6.71. The second kappa shape index (κ2) is 7.92. The van der Waals surface area contributed by atoms with Crippen LogP contribution in [0.2, 0.25) is 0 Å². The van der Waals surface area contributed by atoms with E-state index in [-0.39, 0.29) is 18.2 Å². The van der Waals surface area contributed by atoms with Crippen LogP contribution >= 0.6 is 0 Å². The van der Waals surface area contributed by atoms with Crippen molar-refractivity contribution in [1.29, 1.82) is 0 Å². The molecular formula is C26H26N3O4+. The third-order valence-electron chi connectivity index (χ3n) is 6.71. The molecule has 7 nitrogen and oxygen atoms in total. The first kappa shape index (κ1) is 21.0. The lowest BCUT2D eigenvalue weighted by atomic mass is 9.90. The summed E-state index contributed by atoms with van der Waals surface area (Å²) in [6.45, 7) is 2.92. The van der Waals surface area contributed by atoms with Crippen LogP contribution in [0.25, 0.3) is 0 Å². The first-order chi connectivity index (χ1) is 16.0. The standard InChI is InChI=1S/C26H26N3O4/c1-3-18-4-8-20(9-5-18)26-23-17-27(32)13-12-22(23)25(31)29(26)15-14-28(26)24(30)16-19-6-10-21(33-2)11-7-19/h4-13,17,32H,3,14-16H2,1-2H3/q+1. The molecule has 1 N–H and O–H groups in total. The summed E-state index contributed by atoms with van der Waals surface area (Å²) in [5.74, 6) is 0.509. The Hall–Kier alpha value is -3.87. The summed E-state index contributed by atoms with van der Waals surface area (Å²) in [7, 11) is 1.61. The van der Waals surface area contributed by atoms with Gasteiger partial charge in [0.1, 0.15) is 5.75 Å². The van der Waals surface area contributed by atoms with E-state index in [9.17, 15) is 14.8 Å². The molecule has 33 heavy (non-hydrogen) atoms. The Morgan fingerprint density at radius 2 is 1.76 bits per heavy atom. The fraction of sp³-hybridized carbons (Fsp3) is 0.269. The fourth-order valence-corrected chi connectivity index (χ4v) is 5.06. The zero-order valence-corrected chi connectivity index (χ0v) is 18.7. The molecule has 3 aromatic rings. The molecule has 2 amide bonds. The molecule has 0 saturated carbocycles. The second-order valence-electron chi connectivity index (χ2n) is 8.40. The molecule has 1 aromatic heterocycles. The third kappa shape index (κ3) is 3.15. The molecule has 1 unspecified atom stereocenters. The lowest BCUT2D eigenvalue weighted by molar-refractivity contribution is -0.905. The number of hydrogen-bond acceptors (Lipinski definition) is 4. The van der Waals surface area contributed by atoms with Gasteiger partial charge in [-0.15, -0.1) is 0 Å². The Bertz CT molecular complexity index is 1220. The molecule has 2 aromatic carbocycles. The van der Waals surface area contributed by atoms with Gasteiger partial charge in [-0.2, -0.15) is 0 Å². The molecule has 3 heterocycles. The molecule has 7 heteroatoms. The summed E-state index contributed by atoms with van der Waals surface area (Å²) in [5.41, 5.74) is 2.90. The monoisotopic (exact) mass is 444 g/mol. The largest absolute Gasteiger partial charge is 0.497 e. The highest BCUT2D eigenvalue weighted by molar-refractivity contribution is 6.01. The van der Waals surface area contributed by atoms with Crippen LogP contribution in [0.4, 0.5) is 0 Å². The van der Waals surface area contributed by atoms with E-state index in [0.29, 0.717) is 24.2 Å². The van der Waals surface area contributed by atoms with E-state index in [1.54, 1.807) is 29.2 Å². The number of carbonyl (C=O) groups is 2. The van der Waals surface area contributed by atoms with Gasteiger partial charge in [0.15, 0.2) is 5.66 Å². The number of nitrogens with zero attached hydrogens (tertiary/aromatic N) is 3. The molecule has 1 atom stereocenters. The van der Waals surface area contributed by atoms with Crippen LogP contribution in [-0.2, 0) is 23.3 Å². The second-order valence-corrected chi connectivity index (χ2v) is 8.40. The Labute approximate surface area is 192 Å². The molecule has 0 radical (unpaired) electrons. The van der Waals surface area contributed by atoms with Gasteiger partial charge in [-0.25, -0.2) is 0 Å². The first-order valence-corrected chi connectivity index (χ1v) is 11.1. The Morgan fingerprint density at radius 1 is 1.06 bits per heavy atom. The van der Waals surface area contributed by atoms with Gasteiger partial charge in [0.2, 0.25) is 18.3 Å². The number of pyridine rings is 1. The van der Waals surface area contributed by atoms with E-state index in [2.05, 4.69) is 6.92 Å². The van der Waals surface area contributed by atoms with E-state index in [1.807, 2.05) is 48.5 Å². The number of hydrogen-bond donors (Lipinski definition) is 1. The van der Waals surface area contributed by atoms with Crippen molar-refractivity contribution in [3.8, 4) is 5.75 Å². The summed E-state index contributed by atoms with van der Waals surface area (Å²) in [6, 6.07) is 17.1. The van der Waals surface area contributed by atoms with Crippen molar-refractivity contribution >= 4 is 11.8 Å². The molecule has 0 spiro atoms. The highest BCUT2D eigenvalue weighted by atomic mass is 16.5. The van der Waals surface area contributed by atoms with Crippen molar-refractivity contribution in [2.45, 2.75) is 25.4 Å². The molecule has 2 aliphatic heterocycles. The van der Waals surface area contributed by atoms with Gasteiger partial charge in [-0.1, -0.05) is 43.3 Å². The van der Waals surface area contributed by atoms with Crippen molar-refractivity contribution in [3.63, 3.8) is 0 Å². The predicted octanol–water partition coefficient (Wildman–Crippen LogP) is 2.52. The number of aryl methyl sites for hydroxylation is 1. The Kier molecular flexibility index (Phi) is 5.04. The fourth-order valence-electron chi connectivity index (χ4n) is 5.06. The number of methoxy groups -OCH3 is 1. The van der Waals surface area contributed by atoms with Gasteiger partial charge in [0.25, 0.3) is 5.91 Å². The number of rotatable bonds is 5. The number of aromatic nitrogens is 1. The molecular weight excluding hydrogens is 418 g/mol. The number of benzene rings is 2. The van der Waals surface area contributed by atoms with Crippen LogP contribution in [0.1, 0.15) is 39.5 Å². The van der Waals surface area contributed by atoms with E-state index in [0.717, 1.165) is 28.0 Å². The van der Waals surface area contributed by atoms with Crippen LogP contribution in [-0.4, -0.2) is 47.0 Å². The number of amides is 2. The van der Waals surface area contributed by atoms with Crippen LogP contribution in [0, 0.1) is 0 Å². The van der Waals surface area contributed by atoms with Crippen molar-refractivity contribution in [2.24, 2.45) is 0 Å². The van der Waals surface area contributed by atoms with Crippen molar-refractivity contribution in [3.05, 3.63) is 94.8 Å². The molecule has 0 bridgehead atoms. The minimum atomic E-state index is -1.09. The van der Waals surface area contributed by atoms with E-state index >= 15 is 0 Å². The van der Waals surface area contributed by atoms with Crippen LogP contribution in [0.15, 0.2) is 67.0 Å². The highest BCUT2D eigenvalue weighted by Crippen LogP contribution is 2.49. The number of fused-ring (bicyclic) bond motifs is 3. The SMILES string of the molecule is CCc1ccc(C23c4c[n+](O)ccc4C(=O)N2CCN3C(=O)Cc2ccc(OC)cc2)cc1. The van der Waals surface area contributed by atoms with Crippen LogP contribution in [0.3, 0.4) is 0 Å². The quantitative estimate of drug-likeness (QED) is 0.485. The summed E-state index contributed by atoms with van der Waals surface area (Å²) in [6.07, 6.45) is 4.07. The van der Waals surface area contributed by atoms with Crippen molar-refractivity contribution < 1.29 is 24.3 Å². The summed E-state index contributed by atoms with van der Waals surface area (Å²) in [5, 5.41) is 10.2. The number of carbonyl (C=O) groups excluding carboxylic acids is 2. The zero-order valence-electron chi connectivity index (χ0n) is 18.7. The van der Waals surface area contributed by atoms with Crippen molar-refractivity contribution in [1.82, 2.24) is 9.80 Å². The highest BCUT2D eigenvalue weighted by Gasteiger charge is 2.61. The predicted molar refractivity (Wildman–Crippen MR) is 120 cm³/mol. The van der Waals surface area contributed by atoms with E-state index in [4.69, 9.17) is 4.74 Å². The van der Waals surface area contributed by atoms with Gasteiger partial charge < -0.3 is 14.5 Å². The van der Waals surface area contributed by atoms with Crippen molar-refractivity contribution in [2.75, 3.05) is 20.2 Å². The first-order valence-electron chi connectivity index (χ1n) is 11.1. The normalized spacial score (nSPS) is 18.9. The number of ether oxygens (including phenoxy) is 1. The maximum atomic E-state index is 13.7. The summed E-state index contributed by atoms with van der Waals surface area (Å²) < 4.78 is 6.17. The molecule has 5 rings (SSSR count). The maximum Gasteiger partial charge on any atom is 0.257 e. The minimum Gasteiger partial charge on any atom is -0.497 e. The van der Waals surface area contributed by atoms with Gasteiger partial charge in [-0.3, -0.25) is 14.8 Å². The van der Waals surface area contributed by atoms with E-state index in [1.165, 1.54) is 11.8 Å². The smallest absolute Gasteiger partial charge is 0.257 e. The average Bonchev–Trinajstić information content (AvgIpc) is 3.35. The zero-order chi connectivity index (χ0) is 23.2. The Morgan fingerprint density at radius 3 is 2.42 bits per heavy atom. The van der Waals surface area contributed by atoms with Gasteiger partial charge in [-0.05, 0) is 29.7 Å². The molecule has 168 valence electrons. The summed E-state index contributed by atoms with van der Waals surface area (Å²) in [4.78, 5) is 30.6. The Balaban J connectivity index is 1.62. The average molecular weight is 445 g/mol. The van der Waals surface area contributed by atoms with Gasteiger partial charge in [0.05, 0.1) is 24.7 Å². The van der Waals surface area contributed by atoms with Gasteiger partial charge >= 0.3 is 0 Å². The maximum absolute atomic E-state index is 13.7. The molecule has 1 saturated heterocycles. The molecule has 0 aliphatic carbocycles. The summed E-state index contributed by atoms with van der Waals surface area (Å²) >= 11 is 0. The molecule has 1 fully saturated rings. The van der Waals surface area contributed by atoms with Crippen LogP contribution in [0.5, 0.6) is 5.75 Å². The topological polar surface area (TPSA) is 74.0 Å². The van der Waals surface area contributed by atoms with Crippen LogP contribution < -0.4 is 9.47 Å². The van der Waals surface area contributed by atoms with Gasteiger partial charge in [0, 0.05) is 29.4 Å². The minimum absolute atomic E-state index is 0.0868. The van der Waals surface area contributed by atoms with E-state index < -0.39 is 5.66 Å². The lowest BCUT2D eigenvalue weighted by Crippen LogP contribution is -2.52.